The lowest BCUT2D eigenvalue weighted by molar-refractivity contribution is -0.111. The third kappa shape index (κ3) is 4.44. The molecule has 0 radical (unpaired) electrons. The molecule has 0 unspecified atom stereocenters. The van der Waals surface area contributed by atoms with Crippen LogP contribution in [0.5, 0.6) is 0 Å². The zero-order valence-electron chi connectivity index (χ0n) is 13.1. The van der Waals surface area contributed by atoms with Crippen molar-refractivity contribution in [1.82, 2.24) is 0 Å². The SMILES string of the molecule is CN(C)c1ccc(/C=C/C(=O)Nc2ccccc2C(N)=O)cc1. The Bertz CT molecular complexity index is 734. The Hall–Kier alpha value is -3.08. The monoisotopic (exact) mass is 309 g/mol. The van der Waals surface area contributed by atoms with Crippen LogP contribution in [0, 0.1) is 0 Å². The molecule has 0 aromatic heterocycles. The van der Waals surface area contributed by atoms with Crippen LogP contribution < -0.4 is 16.0 Å². The van der Waals surface area contributed by atoms with Crippen molar-refractivity contribution < 1.29 is 9.59 Å². The molecule has 2 rings (SSSR count). The van der Waals surface area contributed by atoms with E-state index >= 15 is 0 Å². The highest BCUT2D eigenvalue weighted by Crippen LogP contribution is 2.15. The quantitative estimate of drug-likeness (QED) is 0.833. The molecule has 0 heterocycles. The van der Waals surface area contributed by atoms with Gasteiger partial charge in [-0.05, 0) is 35.9 Å². The molecule has 0 aliphatic rings. The Labute approximate surface area is 135 Å². The van der Waals surface area contributed by atoms with Crippen molar-refractivity contribution in [1.29, 1.82) is 0 Å². The number of nitrogens with two attached hydrogens (primary N) is 1. The Morgan fingerprint density at radius 3 is 2.30 bits per heavy atom. The van der Waals surface area contributed by atoms with Crippen LogP contribution in [-0.4, -0.2) is 25.9 Å². The summed E-state index contributed by atoms with van der Waals surface area (Å²) in [6.07, 6.45) is 3.13. The van der Waals surface area contributed by atoms with Gasteiger partial charge in [-0.25, -0.2) is 0 Å². The third-order valence-corrected chi connectivity index (χ3v) is 3.29. The van der Waals surface area contributed by atoms with Crippen LogP contribution in [-0.2, 0) is 4.79 Å². The lowest BCUT2D eigenvalue weighted by atomic mass is 10.1. The fourth-order valence-corrected chi connectivity index (χ4v) is 2.04. The minimum atomic E-state index is -0.579. The van der Waals surface area contributed by atoms with Gasteiger partial charge in [-0.15, -0.1) is 0 Å². The Morgan fingerprint density at radius 1 is 1.04 bits per heavy atom. The minimum Gasteiger partial charge on any atom is -0.378 e. The van der Waals surface area contributed by atoms with Crippen LogP contribution in [0.4, 0.5) is 11.4 Å². The summed E-state index contributed by atoms with van der Waals surface area (Å²) >= 11 is 0. The molecule has 2 aromatic carbocycles. The number of amides is 2. The van der Waals surface area contributed by atoms with Gasteiger partial charge in [-0.3, -0.25) is 9.59 Å². The van der Waals surface area contributed by atoms with Crippen molar-refractivity contribution in [2.75, 3.05) is 24.3 Å². The number of hydrogen-bond donors (Lipinski definition) is 2. The van der Waals surface area contributed by atoms with Crippen LogP contribution in [0.2, 0.25) is 0 Å². The largest absolute Gasteiger partial charge is 0.378 e. The molecule has 0 bridgehead atoms. The summed E-state index contributed by atoms with van der Waals surface area (Å²) in [4.78, 5) is 25.3. The summed E-state index contributed by atoms with van der Waals surface area (Å²) < 4.78 is 0. The molecule has 5 heteroatoms. The summed E-state index contributed by atoms with van der Waals surface area (Å²) in [7, 11) is 3.93. The maximum Gasteiger partial charge on any atom is 0.250 e. The molecule has 23 heavy (non-hydrogen) atoms. The molecule has 0 saturated carbocycles. The van der Waals surface area contributed by atoms with Gasteiger partial charge in [0.2, 0.25) is 5.91 Å². The number of hydrogen-bond acceptors (Lipinski definition) is 3. The van der Waals surface area contributed by atoms with Gasteiger partial charge >= 0.3 is 0 Å². The van der Waals surface area contributed by atoms with Gasteiger partial charge in [0.1, 0.15) is 0 Å². The van der Waals surface area contributed by atoms with E-state index in [0.29, 0.717) is 5.69 Å². The summed E-state index contributed by atoms with van der Waals surface area (Å²) in [6, 6.07) is 14.4. The number of carbonyl (C=O) groups is 2. The average Bonchev–Trinajstić information content (AvgIpc) is 2.53. The molecule has 2 amide bonds. The second-order valence-corrected chi connectivity index (χ2v) is 5.22. The maximum absolute atomic E-state index is 12.0. The molecule has 0 aliphatic carbocycles. The van der Waals surface area contributed by atoms with Gasteiger partial charge in [-0.2, -0.15) is 0 Å². The van der Waals surface area contributed by atoms with E-state index in [-0.39, 0.29) is 11.5 Å². The number of rotatable bonds is 5. The normalized spacial score (nSPS) is 10.5. The van der Waals surface area contributed by atoms with E-state index in [1.807, 2.05) is 43.3 Å². The minimum absolute atomic E-state index is 0.282. The Kier molecular flexibility index (Phi) is 5.15. The first-order valence-electron chi connectivity index (χ1n) is 7.12. The maximum atomic E-state index is 12.0. The van der Waals surface area contributed by atoms with Crippen molar-refractivity contribution >= 4 is 29.3 Å². The molecule has 118 valence electrons. The summed E-state index contributed by atoms with van der Waals surface area (Å²) in [5.74, 6) is -0.903. The van der Waals surface area contributed by atoms with Gasteiger partial charge in [0.15, 0.2) is 0 Å². The summed E-state index contributed by atoms with van der Waals surface area (Å²) in [5.41, 5.74) is 7.96. The zero-order chi connectivity index (χ0) is 16.8. The van der Waals surface area contributed by atoms with Gasteiger partial charge in [0.05, 0.1) is 11.3 Å². The number of primary amides is 1. The topological polar surface area (TPSA) is 75.4 Å². The highest BCUT2D eigenvalue weighted by Gasteiger charge is 2.08. The Morgan fingerprint density at radius 2 is 1.70 bits per heavy atom. The standard InChI is InChI=1S/C18H19N3O2/c1-21(2)14-10-7-13(8-11-14)9-12-17(22)20-16-6-4-3-5-15(16)18(19)23/h3-12H,1-2H3,(H2,19,23)(H,20,22)/b12-9+. The smallest absolute Gasteiger partial charge is 0.250 e. The molecule has 2 aromatic rings. The van der Waals surface area contributed by atoms with Crippen LogP contribution >= 0.6 is 0 Å². The molecule has 0 fully saturated rings. The number of benzene rings is 2. The van der Waals surface area contributed by atoms with E-state index in [2.05, 4.69) is 5.32 Å². The number of nitrogens with zero attached hydrogens (tertiary/aromatic N) is 1. The van der Waals surface area contributed by atoms with E-state index in [0.717, 1.165) is 11.3 Å². The van der Waals surface area contributed by atoms with Gasteiger partial charge in [-0.1, -0.05) is 24.3 Å². The molecule has 3 N–H and O–H groups in total. The van der Waals surface area contributed by atoms with Gasteiger partial charge < -0.3 is 16.0 Å². The molecular weight excluding hydrogens is 290 g/mol. The highest BCUT2D eigenvalue weighted by molar-refractivity contribution is 6.07. The number of carbonyl (C=O) groups excluding carboxylic acids is 2. The zero-order valence-corrected chi connectivity index (χ0v) is 13.1. The number of para-hydroxylation sites is 1. The van der Waals surface area contributed by atoms with Crippen LogP contribution in [0.3, 0.4) is 0 Å². The molecule has 0 aliphatic heterocycles. The predicted octanol–water partition coefficient (Wildman–Crippen LogP) is 2.50. The van der Waals surface area contributed by atoms with Crippen molar-refractivity contribution in [2.24, 2.45) is 5.73 Å². The third-order valence-electron chi connectivity index (χ3n) is 3.29. The summed E-state index contributed by atoms with van der Waals surface area (Å²) in [6.45, 7) is 0. The van der Waals surface area contributed by atoms with Crippen molar-refractivity contribution in [3.05, 3.63) is 65.7 Å². The molecule has 0 atom stereocenters. The fraction of sp³-hybridized carbons (Fsp3) is 0.111. The average molecular weight is 309 g/mol. The van der Waals surface area contributed by atoms with Crippen molar-refractivity contribution in [3.63, 3.8) is 0 Å². The highest BCUT2D eigenvalue weighted by atomic mass is 16.2. The Balaban J connectivity index is 2.06. The van der Waals surface area contributed by atoms with Gasteiger partial charge in [0.25, 0.3) is 5.91 Å². The second kappa shape index (κ2) is 7.26. The second-order valence-electron chi connectivity index (χ2n) is 5.22. The first kappa shape index (κ1) is 16.3. The first-order chi connectivity index (χ1) is 11.0. The van der Waals surface area contributed by atoms with Crippen molar-refractivity contribution in [2.45, 2.75) is 0 Å². The molecule has 5 nitrogen and oxygen atoms in total. The van der Waals surface area contributed by atoms with E-state index in [1.54, 1.807) is 30.3 Å². The lowest BCUT2D eigenvalue weighted by Gasteiger charge is -2.11. The molecule has 0 spiro atoms. The number of anilines is 2. The van der Waals surface area contributed by atoms with Crippen LogP contribution in [0.1, 0.15) is 15.9 Å². The van der Waals surface area contributed by atoms with E-state index in [9.17, 15) is 9.59 Å². The predicted molar refractivity (Wildman–Crippen MR) is 93.4 cm³/mol. The first-order valence-corrected chi connectivity index (χ1v) is 7.12. The fourth-order valence-electron chi connectivity index (χ4n) is 2.04. The van der Waals surface area contributed by atoms with Crippen molar-refractivity contribution in [3.8, 4) is 0 Å². The summed E-state index contributed by atoms with van der Waals surface area (Å²) in [5, 5.41) is 2.66. The van der Waals surface area contributed by atoms with Gasteiger partial charge in [0, 0.05) is 25.9 Å². The lowest BCUT2D eigenvalue weighted by Crippen LogP contribution is -2.16. The molecule has 0 saturated heterocycles. The molecular formula is C18H19N3O2. The van der Waals surface area contributed by atoms with E-state index < -0.39 is 5.91 Å². The number of nitrogens with one attached hydrogen (secondary N) is 1. The van der Waals surface area contributed by atoms with Crippen LogP contribution in [0.15, 0.2) is 54.6 Å². The van der Waals surface area contributed by atoms with Crippen LogP contribution in [0.25, 0.3) is 6.08 Å². The van der Waals surface area contributed by atoms with E-state index in [1.165, 1.54) is 6.08 Å². The van der Waals surface area contributed by atoms with E-state index in [4.69, 9.17) is 5.73 Å².